The maximum atomic E-state index is 12.4. The first-order chi connectivity index (χ1) is 17.5. The summed E-state index contributed by atoms with van der Waals surface area (Å²) in [4.78, 5) is 12.4. The first-order valence-electron chi connectivity index (χ1n) is 10.7. The van der Waals surface area contributed by atoms with Crippen molar-refractivity contribution < 1.29 is 24.5 Å². The van der Waals surface area contributed by atoms with E-state index in [-0.39, 0.29) is 23.2 Å². The molecule has 11 heteroatoms. The molecule has 184 valence electrons. The predicted octanol–water partition coefficient (Wildman–Crippen LogP) is 3.61. The van der Waals surface area contributed by atoms with Crippen LogP contribution in [0.15, 0.2) is 77.0 Å². The molecule has 36 heavy (non-hydrogen) atoms. The Balaban J connectivity index is 1.54. The fourth-order valence-electron chi connectivity index (χ4n) is 3.31. The fourth-order valence-corrected chi connectivity index (χ4v) is 4.06. The van der Waals surface area contributed by atoms with Crippen LogP contribution in [0.25, 0.3) is 17.1 Å². The number of aromatic hydroxyl groups is 2. The number of phenols is 2. The summed E-state index contributed by atoms with van der Waals surface area (Å²) in [5.74, 6) is 1.16. The highest BCUT2D eigenvalue weighted by Crippen LogP contribution is 2.34. The lowest BCUT2D eigenvalue weighted by Gasteiger charge is -2.12. The minimum Gasteiger partial charge on any atom is -0.508 e. The molecule has 0 spiro atoms. The Kier molecular flexibility index (Phi) is 7.71. The van der Waals surface area contributed by atoms with Crippen molar-refractivity contribution in [2.24, 2.45) is 5.10 Å². The van der Waals surface area contributed by atoms with Crippen LogP contribution in [0.5, 0.6) is 23.0 Å². The zero-order valence-electron chi connectivity index (χ0n) is 19.5. The number of carbonyl (C=O) groups excluding carboxylic acids is 1. The maximum absolute atomic E-state index is 12.4. The number of aromatic nitrogens is 3. The van der Waals surface area contributed by atoms with Gasteiger partial charge in [0.25, 0.3) is 5.91 Å². The van der Waals surface area contributed by atoms with Crippen molar-refractivity contribution >= 4 is 23.9 Å². The molecule has 0 aliphatic carbocycles. The zero-order valence-corrected chi connectivity index (χ0v) is 20.3. The van der Waals surface area contributed by atoms with E-state index >= 15 is 0 Å². The summed E-state index contributed by atoms with van der Waals surface area (Å²) >= 11 is 1.20. The van der Waals surface area contributed by atoms with Crippen molar-refractivity contribution in [3.63, 3.8) is 0 Å². The van der Waals surface area contributed by atoms with Crippen molar-refractivity contribution in [3.8, 4) is 40.1 Å². The van der Waals surface area contributed by atoms with Gasteiger partial charge in [-0.3, -0.25) is 9.36 Å². The normalized spacial score (nSPS) is 10.9. The molecule has 0 aliphatic heterocycles. The lowest BCUT2D eigenvalue weighted by molar-refractivity contribution is -0.118. The molecule has 3 N–H and O–H groups in total. The Morgan fingerprint density at radius 2 is 1.81 bits per heavy atom. The molecule has 4 rings (SSSR count). The number of carbonyl (C=O) groups is 1. The molecule has 1 amide bonds. The Morgan fingerprint density at radius 1 is 1.03 bits per heavy atom. The molecule has 0 aliphatic rings. The van der Waals surface area contributed by atoms with Crippen molar-refractivity contribution in [3.05, 3.63) is 72.3 Å². The number of nitrogens with zero attached hydrogens (tertiary/aromatic N) is 4. The number of methoxy groups -OCH3 is 2. The van der Waals surface area contributed by atoms with E-state index in [1.165, 1.54) is 36.2 Å². The van der Waals surface area contributed by atoms with Crippen LogP contribution in [-0.4, -0.2) is 57.1 Å². The molecular weight excluding hydrogens is 482 g/mol. The van der Waals surface area contributed by atoms with E-state index < -0.39 is 0 Å². The summed E-state index contributed by atoms with van der Waals surface area (Å²) in [7, 11) is 3.14. The van der Waals surface area contributed by atoms with Gasteiger partial charge in [0.1, 0.15) is 11.5 Å². The molecule has 10 nitrogen and oxygen atoms in total. The van der Waals surface area contributed by atoms with Crippen LogP contribution in [0.3, 0.4) is 0 Å². The lowest BCUT2D eigenvalue weighted by Crippen LogP contribution is -2.20. The van der Waals surface area contributed by atoms with Gasteiger partial charge < -0.3 is 19.7 Å². The van der Waals surface area contributed by atoms with Gasteiger partial charge in [0.2, 0.25) is 0 Å². The fraction of sp³-hybridized carbons (Fsp3) is 0.120. The summed E-state index contributed by atoms with van der Waals surface area (Å²) in [6.07, 6.45) is 1.29. The highest BCUT2D eigenvalue weighted by molar-refractivity contribution is 7.99. The third kappa shape index (κ3) is 5.58. The molecule has 0 bridgehead atoms. The summed E-state index contributed by atoms with van der Waals surface area (Å²) < 4.78 is 12.6. The van der Waals surface area contributed by atoms with E-state index in [1.807, 2.05) is 47.0 Å². The van der Waals surface area contributed by atoms with Gasteiger partial charge in [0.05, 0.1) is 26.2 Å². The van der Waals surface area contributed by atoms with Gasteiger partial charge in [-0.15, -0.1) is 10.2 Å². The number of thioether (sulfide) groups is 1. The maximum Gasteiger partial charge on any atom is 0.250 e. The predicted molar refractivity (Wildman–Crippen MR) is 136 cm³/mol. The van der Waals surface area contributed by atoms with Gasteiger partial charge in [-0.05, 0) is 42.5 Å². The van der Waals surface area contributed by atoms with E-state index in [9.17, 15) is 15.0 Å². The Labute approximate surface area is 211 Å². The largest absolute Gasteiger partial charge is 0.508 e. The second-order valence-corrected chi connectivity index (χ2v) is 8.31. The average Bonchev–Trinajstić information content (AvgIpc) is 3.32. The van der Waals surface area contributed by atoms with Crippen molar-refractivity contribution in [2.75, 3.05) is 20.0 Å². The van der Waals surface area contributed by atoms with Crippen molar-refractivity contribution in [1.82, 2.24) is 20.2 Å². The van der Waals surface area contributed by atoms with Gasteiger partial charge in [0, 0.05) is 22.9 Å². The number of amides is 1. The highest BCUT2D eigenvalue weighted by Gasteiger charge is 2.18. The number of phenolic OH excluding ortho intramolecular Hbond substituents is 2. The van der Waals surface area contributed by atoms with Crippen LogP contribution < -0.4 is 14.9 Å². The van der Waals surface area contributed by atoms with E-state index in [2.05, 4.69) is 20.7 Å². The van der Waals surface area contributed by atoms with Gasteiger partial charge >= 0.3 is 0 Å². The second kappa shape index (κ2) is 11.3. The van der Waals surface area contributed by atoms with E-state index in [0.29, 0.717) is 28.0 Å². The first-order valence-corrected chi connectivity index (χ1v) is 11.7. The zero-order chi connectivity index (χ0) is 25.5. The second-order valence-electron chi connectivity index (χ2n) is 7.37. The third-order valence-electron chi connectivity index (χ3n) is 5.03. The third-order valence-corrected chi connectivity index (χ3v) is 5.96. The number of benzene rings is 3. The number of nitrogens with one attached hydrogen (secondary N) is 1. The Morgan fingerprint density at radius 3 is 2.53 bits per heavy atom. The minimum atomic E-state index is -0.371. The molecule has 3 aromatic carbocycles. The molecule has 0 unspecified atom stereocenters. The molecule has 0 radical (unpaired) electrons. The number of hydrogen-bond donors (Lipinski definition) is 3. The van der Waals surface area contributed by atoms with Crippen LogP contribution in [0.4, 0.5) is 0 Å². The highest BCUT2D eigenvalue weighted by atomic mass is 32.2. The smallest absolute Gasteiger partial charge is 0.250 e. The van der Waals surface area contributed by atoms with Gasteiger partial charge in [-0.1, -0.05) is 30.0 Å². The van der Waals surface area contributed by atoms with Gasteiger partial charge in [0.15, 0.2) is 22.5 Å². The quantitative estimate of drug-likeness (QED) is 0.179. The van der Waals surface area contributed by atoms with Gasteiger partial charge in [-0.2, -0.15) is 5.10 Å². The number of ether oxygens (including phenoxy) is 2. The van der Waals surface area contributed by atoms with Crippen molar-refractivity contribution in [2.45, 2.75) is 5.16 Å². The summed E-state index contributed by atoms with van der Waals surface area (Å²) in [5.41, 5.74) is 4.36. The molecule has 0 saturated heterocycles. The van der Waals surface area contributed by atoms with Crippen LogP contribution in [-0.2, 0) is 4.79 Å². The van der Waals surface area contributed by atoms with Crippen LogP contribution in [0, 0.1) is 0 Å². The summed E-state index contributed by atoms with van der Waals surface area (Å²) in [5, 5.41) is 32.2. The Hall–Kier alpha value is -4.51. The van der Waals surface area contributed by atoms with E-state index in [4.69, 9.17) is 9.47 Å². The molecule has 1 aromatic heterocycles. The number of para-hydroxylation sites is 1. The molecular formula is C25H23N5O5S. The van der Waals surface area contributed by atoms with Gasteiger partial charge in [-0.25, -0.2) is 5.43 Å². The van der Waals surface area contributed by atoms with Crippen LogP contribution >= 0.6 is 11.8 Å². The molecule has 0 saturated carbocycles. The number of hydrazone groups is 1. The van der Waals surface area contributed by atoms with Crippen LogP contribution in [0.2, 0.25) is 0 Å². The standard InChI is InChI=1S/C25H23N5O5S/c1-34-21-11-9-16(12-22(21)35-2)24-28-29-25(30(24)18-6-4-3-5-7-18)36-15-23(33)27-26-14-17-8-10-19(31)13-20(17)32/h3-14,31-32H,15H2,1-2H3,(H,27,33)/b26-14+. The minimum absolute atomic E-state index is 0.0236. The Bertz CT molecular complexity index is 1390. The first kappa shape index (κ1) is 24.6. The molecule has 1 heterocycles. The van der Waals surface area contributed by atoms with Crippen LogP contribution in [0.1, 0.15) is 5.56 Å². The van der Waals surface area contributed by atoms with Crippen molar-refractivity contribution in [1.29, 1.82) is 0 Å². The summed E-state index contributed by atoms with van der Waals surface area (Å²) in [6.45, 7) is 0. The topological polar surface area (TPSA) is 131 Å². The van der Waals surface area contributed by atoms with E-state index in [0.717, 1.165) is 11.3 Å². The van der Waals surface area contributed by atoms with E-state index in [1.54, 1.807) is 20.3 Å². The average molecular weight is 506 g/mol. The molecule has 4 aromatic rings. The monoisotopic (exact) mass is 505 g/mol. The number of rotatable bonds is 9. The molecule has 0 atom stereocenters. The SMILES string of the molecule is COc1ccc(-c2nnc(SCC(=O)N/N=C/c3ccc(O)cc3O)n2-c2ccccc2)cc1OC. The summed E-state index contributed by atoms with van der Waals surface area (Å²) in [6, 6.07) is 19.1. The molecule has 0 fully saturated rings. The number of hydrogen-bond acceptors (Lipinski definition) is 9. The lowest BCUT2D eigenvalue weighted by atomic mass is 10.2.